The SMILES string of the molecule is Cc1cccc(CC(=O)N2CCCCC2CCN)c1. The molecule has 19 heavy (non-hydrogen) atoms. The van der Waals surface area contributed by atoms with Crippen molar-refractivity contribution in [2.45, 2.75) is 45.1 Å². The van der Waals surface area contributed by atoms with Crippen molar-refractivity contribution in [3.05, 3.63) is 35.4 Å². The molecule has 1 aliphatic heterocycles. The third-order valence-electron chi connectivity index (χ3n) is 3.89. The Morgan fingerprint density at radius 3 is 3.00 bits per heavy atom. The van der Waals surface area contributed by atoms with Crippen LogP contribution < -0.4 is 5.73 Å². The highest BCUT2D eigenvalue weighted by Gasteiger charge is 2.25. The number of benzene rings is 1. The number of amides is 1. The molecule has 1 aliphatic rings. The molecule has 0 radical (unpaired) electrons. The van der Waals surface area contributed by atoms with Gasteiger partial charge in [-0.2, -0.15) is 0 Å². The summed E-state index contributed by atoms with van der Waals surface area (Å²) in [5.74, 6) is 0.253. The first-order chi connectivity index (χ1) is 9.20. The summed E-state index contributed by atoms with van der Waals surface area (Å²) in [6, 6.07) is 8.57. The summed E-state index contributed by atoms with van der Waals surface area (Å²) in [5.41, 5.74) is 7.98. The number of nitrogens with two attached hydrogens (primary N) is 1. The predicted molar refractivity (Wildman–Crippen MR) is 77.9 cm³/mol. The van der Waals surface area contributed by atoms with Crippen molar-refractivity contribution < 1.29 is 4.79 Å². The lowest BCUT2D eigenvalue weighted by Gasteiger charge is -2.36. The molecular weight excluding hydrogens is 236 g/mol. The fraction of sp³-hybridized carbons (Fsp3) is 0.562. The van der Waals surface area contributed by atoms with Crippen LogP contribution in [-0.2, 0) is 11.2 Å². The minimum atomic E-state index is 0.253. The Labute approximate surface area is 115 Å². The van der Waals surface area contributed by atoms with Crippen molar-refractivity contribution in [2.75, 3.05) is 13.1 Å². The lowest BCUT2D eigenvalue weighted by Crippen LogP contribution is -2.45. The van der Waals surface area contributed by atoms with Gasteiger partial charge in [0.15, 0.2) is 0 Å². The fourth-order valence-electron chi connectivity index (χ4n) is 2.92. The average molecular weight is 260 g/mol. The van der Waals surface area contributed by atoms with Crippen LogP contribution in [0.15, 0.2) is 24.3 Å². The number of aryl methyl sites for hydroxylation is 1. The van der Waals surface area contributed by atoms with Gasteiger partial charge in [-0.05, 0) is 44.7 Å². The molecule has 1 heterocycles. The van der Waals surface area contributed by atoms with Crippen LogP contribution in [0.1, 0.15) is 36.8 Å². The van der Waals surface area contributed by atoms with E-state index in [4.69, 9.17) is 5.73 Å². The Morgan fingerprint density at radius 1 is 1.42 bits per heavy atom. The van der Waals surface area contributed by atoms with Crippen molar-refractivity contribution in [1.29, 1.82) is 0 Å². The number of piperidine rings is 1. The number of carbonyl (C=O) groups excluding carboxylic acids is 1. The fourth-order valence-corrected chi connectivity index (χ4v) is 2.92. The molecule has 3 heteroatoms. The molecule has 0 bridgehead atoms. The summed E-state index contributed by atoms with van der Waals surface area (Å²) >= 11 is 0. The van der Waals surface area contributed by atoms with Crippen LogP contribution in [0.5, 0.6) is 0 Å². The van der Waals surface area contributed by atoms with Gasteiger partial charge in [0.2, 0.25) is 5.91 Å². The third kappa shape index (κ3) is 3.80. The van der Waals surface area contributed by atoms with Gasteiger partial charge in [-0.1, -0.05) is 29.8 Å². The van der Waals surface area contributed by atoms with Crippen LogP contribution in [-0.4, -0.2) is 29.9 Å². The van der Waals surface area contributed by atoms with Crippen molar-refractivity contribution >= 4 is 5.91 Å². The van der Waals surface area contributed by atoms with Gasteiger partial charge in [0.1, 0.15) is 0 Å². The van der Waals surface area contributed by atoms with Crippen molar-refractivity contribution in [3.63, 3.8) is 0 Å². The maximum absolute atomic E-state index is 12.4. The van der Waals surface area contributed by atoms with Crippen LogP contribution in [0, 0.1) is 6.92 Å². The van der Waals surface area contributed by atoms with Gasteiger partial charge in [-0.3, -0.25) is 4.79 Å². The quantitative estimate of drug-likeness (QED) is 0.902. The first-order valence-electron chi connectivity index (χ1n) is 7.26. The summed E-state index contributed by atoms with van der Waals surface area (Å²) in [6.45, 7) is 3.63. The highest BCUT2D eigenvalue weighted by atomic mass is 16.2. The summed E-state index contributed by atoms with van der Waals surface area (Å²) in [7, 11) is 0. The zero-order chi connectivity index (χ0) is 13.7. The zero-order valence-corrected chi connectivity index (χ0v) is 11.8. The van der Waals surface area contributed by atoms with Crippen molar-refractivity contribution in [3.8, 4) is 0 Å². The van der Waals surface area contributed by atoms with E-state index in [1.165, 1.54) is 12.0 Å². The van der Waals surface area contributed by atoms with E-state index >= 15 is 0 Å². The van der Waals surface area contributed by atoms with E-state index in [0.29, 0.717) is 19.0 Å². The first-order valence-corrected chi connectivity index (χ1v) is 7.26. The maximum atomic E-state index is 12.4. The van der Waals surface area contributed by atoms with E-state index in [-0.39, 0.29) is 5.91 Å². The molecule has 1 fully saturated rings. The van der Waals surface area contributed by atoms with Gasteiger partial charge < -0.3 is 10.6 Å². The summed E-state index contributed by atoms with van der Waals surface area (Å²) < 4.78 is 0. The lowest BCUT2D eigenvalue weighted by molar-refractivity contribution is -0.134. The molecular formula is C16H24N2O. The van der Waals surface area contributed by atoms with Gasteiger partial charge >= 0.3 is 0 Å². The highest BCUT2D eigenvalue weighted by Crippen LogP contribution is 2.20. The van der Waals surface area contributed by atoms with E-state index < -0.39 is 0 Å². The maximum Gasteiger partial charge on any atom is 0.227 e. The largest absolute Gasteiger partial charge is 0.339 e. The number of rotatable bonds is 4. The van der Waals surface area contributed by atoms with Crippen LogP contribution >= 0.6 is 0 Å². The minimum absolute atomic E-state index is 0.253. The number of hydrogen-bond donors (Lipinski definition) is 1. The molecule has 0 aromatic heterocycles. The Hall–Kier alpha value is -1.35. The second-order valence-corrected chi connectivity index (χ2v) is 5.48. The molecule has 2 rings (SSSR count). The molecule has 2 N–H and O–H groups in total. The van der Waals surface area contributed by atoms with Crippen LogP contribution in [0.2, 0.25) is 0 Å². The average Bonchev–Trinajstić information content (AvgIpc) is 2.39. The number of carbonyl (C=O) groups is 1. The summed E-state index contributed by atoms with van der Waals surface area (Å²) in [5, 5.41) is 0. The second-order valence-electron chi connectivity index (χ2n) is 5.48. The van der Waals surface area contributed by atoms with E-state index in [1.807, 2.05) is 12.1 Å². The normalized spacial score (nSPS) is 19.5. The van der Waals surface area contributed by atoms with Crippen LogP contribution in [0.3, 0.4) is 0 Å². The van der Waals surface area contributed by atoms with Gasteiger partial charge in [0.05, 0.1) is 6.42 Å². The first kappa shape index (κ1) is 14.1. The molecule has 0 saturated carbocycles. The van der Waals surface area contributed by atoms with E-state index in [9.17, 15) is 4.79 Å². The van der Waals surface area contributed by atoms with Crippen LogP contribution in [0.4, 0.5) is 0 Å². The molecule has 1 aromatic rings. The molecule has 0 spiro atoms. The third-order valence-corrected chi connectivity index (χ3v) is 3.89. The van der Waals surface area contributed by atoms with Gasteiger partial charge in [0.25, 0.3) is 0 Å². The van der Waals surface area contributed by atoms with Crippen LogP contribution in [0.25, 0.3) is 0 Å². The minimum Gasteiger partial charge on any atom is -0.339 e. The van der Waals surface area contributed by atoms with Gasteiger partial charge in [-0.15, -0.1) is 0 Å². The molecule has 0 aliphatic carbocycles. The smallest absolute Gasteiger partial charge is 0.227 e. The number of hydrogen-bond acceptors (Lipinski definition) is 2. The molecule has 104 valence electrons. The van der Waals surface area contributed by atoms with E-state index in [0.717, 1.165) is 31.4 Å². The Bertz CT molecular complexity index is 429. The van der Waals surface area contributed by atoms with Crippen molar-refractivity contribution in [1.82, 2.24) is 4.90 Å². The van der Waals surface area contributed by atoms with E-state index in [2.05, 4.69) is 24.0 Å². The number of nitrogens with zero attached hydrogens (tertiary/aromatic N) is 1. The summed E-state index contributed by atoms with van der Waals surface area (Å²) in [6.07, 6.45) is 4.90. The second kappa shape index (κ2) is 6.71. The lowest BCUT2D eigenvalue weighted by atomic mass is 9.98. The Balaban J connectivity index is 2.01. The zero-order valence-electron chi connectivity index (χ0n) is 11.8. The van der Waals surface area contributed by atoms with Gasteiger partial charge in [-0.25, -0.2) is 0 Å². The standard InChI is InChI=1S/C16H24N2O/c1-13-5-4-6-14(11-13)12-16(19)18-10-3-2-7-15(18)8-9-17/h4-6,11,15H,2-3,7-10,12,17H2,1H3. The molecule has 1 aromatic carbocycles. The molecule has 1 amide bonds. The molecule has 1 unspecified atom stereocenters. The predicted octanol–water partition coefficient (Wildman–Crippen LogP) is 2.27. The van der Waals surface area contributed by atoms with Gasteiger partial charge in [0, 0.05) is 12.6 Å². The van der Waals surface area contributed by atoms with E-state index in [1.54, 1.807) is 0 Å². The molecule has 3 nitrogen and oxygen atoms in total. The molecule has 1 saturated heterocycles. The summed E-state index contributed by atoms with van der Waals surface area (Å²) in [4.78, 5) is 14.5. The Kier molecular flexibility index (Phi) is 4.97. The monoisotopic (exact) mass is 260 g/mol. The highest BCUT2D eigenvalue weighted by molar-refractivity contribution is 5.79. The topological polar surface area (TPSA) is 46.3 Å². The Morgan fingerprint density at radius 2 is 2.26 bits per heavy atom. The number of likely N-dealkylation sites (tertiary alicyclic amines) is 1. The van der Waals surface area contributed by atoms with Crippen molar-refractivity contribution in [2.24, 2.45) is 5.73 Å². The molecule has 1 atom stereocenters.